The average molecular weight is 286 g/mol. The molecule has 0 saturated heterocycles. The fourth-order valence-corrected chi connectivity index (χ4v) is 2.40. The van der Waals surface area contributed by atoms with Gasteiger partial charge in [-0.25, -0.2) is 0 Å². The first-order valence-electron chi connectivity index (χ1n) is 6.59. The van der Waals surface area contributed by atoms with Crippen LogP contribution in [0.2, 0.25) is 0 Å². The third kappa shape index (κ3) is 2.46. The molecule has 1 aromatic rings. The first-order valence-corrected chi connectivity index (χ1v) is 6.59. The number of halogens is 3. The molecule has 0 aliphatic carbocycles. The number of rotatable bonds is 2. The van der Waals surface area contributed by atoms with Gasteiger partial charge < -0.3 is 10.6 Å². The first-order chi connectivity index (χ1) is 9.32. The predicted octanol–water partition coefficient (Wildman–Crippen LogP) is 3.88. The molecule has 2 N–H and O–H groups in total. The summed E-state index contributed by atoms with van der Waals surface area (Å²) < 4.78 is 38.1. The molecule has 2 rings (SSSR count). The van der Waals surface area contributed by atoms with Gasteiger partial charge in [0.25, 0.3) is 0 Å². The predicted molar refractivity (Wildman–Crippen MR) is 71.6 cm³/mol. The van der Waals surface area contributed by atoms with Crippen LogP contribution in [0.3, 0.4) is 0 Å². The Kier molecular flexibility index (Phi) is 3.67. The van der Waals surface area contributed by atoms with E-state index in [9.17, 15) is 18.0 Å². The molecule has 1 heterocycles. The molecule has 6 heteroatoms. The number of carbonyl (C=O) groups is 1. The van der Waals surface area contributed by atoms with Gasteiger partial charge in [0, 0.05) is 6.54 Å². The summed E-state index contributed by atoms with van der Waals surface area (Å²) in [5.41, 5.74) is -0.639. The van der Waals surface area contributed by atoms with Gasteiger partial charge in [-0.15, -0.1) is 0 Å². The summed E-state index contributed by atoms with van der Waals surface area (Å²) in [5, 5.41) is 5.70. The van der Waals surface area contributed by atoms with Gasteiger partial charge >= 0.3 is 6.18 Å². The molecule has 0 atom stereocenters. The van der Waals surface area contributed by atoms with E-state index in [0.29, 0.717) is 25.1 Å². The van der Waals surface area contributed by atoms with Crippen LogP contribution in [0, 0.1) is 5.41 Å². The minimum atomic E-state index is -4.42. The molecule has 1 aliphatic heterocycles. The smallest absolute Gasteiger partial charge is 0.382 e. The summed E-state index contributed by atoms with van der Waals surface area (Å²) in [6.45, 7) is 4.23. The number of hydrogen-bond acceptors (Lipinski definition) is 2. The molecule has 1 aliphatic rings. The van der Waals surface area contributed by atoms with E-state index in [1.165, 1.54) is 6.07 Å². The molecule has 1 amide bonds. The van der Waals surface area contributed by atoms with E-state index in [2.05, 4.69) is 10.6 Å². The number of carbonyl (C=O) groups excluding carboxylic acids is 1. The van der Waals surface area contributed by atoms with Crippen LogP contribution in [0.25, 0.3) is 0 Å². The molecule has 0 fully saturated rings. The zero-order chi connectivity index (χ0) is 15.0. The quantitative estimate of drug-likeness (QED) is 0.866. The van der Waals surface area contributed by atoms with Crippen LogP contribution in [-0.2, 0) is 11.0 Å². The molecule has 0 radical (unpaired) electrons. The van der Waals surface area contributed by atoms with Gasteiger partial charge in [0.15, 0.2) is 0 Å². The van der Waals surface area contributed by atoms with E-state index in [-0.39, 0.29) is 11.6 Å². The number of amides is 1. The highest BCUT2D eigenvalue weighted by Crippen LogP contribution is 2.38. The summed E-state index contributed by atoms with van der Waals surface area (Å²) >= 11 is 0. The second kappa shape index (κ2) is 5.00. The van der Waals surface area contributed by atoms with Crippen LogP contribution >= 0.6 is 0 Å². The van der Waals surface area contributed by atoms with Gasteiger partial charge in [0.2, 0.25) is 5.91 Å². The number of anilines is 2. The summed E-state index contributed by atoms with van der Waals surface area (Å²) in [7, 11) is 0. The van der Waals surface area contributed by atoms with Crippen molar-refractivity contribution in [1.82, 2.24) is 0 Å². The molecule has 0 spiro atoms. The van der Waals surface area contributed by atoms with Crippen LogP contribution in [0.5, 0.6) is 0 Å². The number of alkyl halides is 3. The maximum Gasteiger partial charge on any atom is 0.416 e. The lowest BCUT2D eigenvalue weighted by molar-refractivity contribution is -0.137. The summed E-state index contributed by atoms with van der Waals surface area (Å²) in [6, 6.07) is 3.35. The molecule has 0 saturated carbocycles. The van der Waals surface area contributed by atoms with Crippen molar-refractivity contribution in [2.24, 2.45) is 5.41 Å². The SMILES string of the molecule is CCC1(CC)CNc2ccc(C(F)(F)F)cc2NC1=O. The van der Waals surface area contributed by atoms with Crippen molar-refractivity contribution >= 4 is 17.3 Å². The molecular weight excluding hydrogens is 269 g/mol. The Labute approximate surface area is 115 Å². The third-order valence-corrected chi connectivity index (χ3v) is 4.05. The minimum absolute atomic E-state index is 0.189. The van der Waals surface area contributed by atoms with Crippen LogP contribution in [-0.4, -0.2) is 12.5 Å². The Morgan fingerprint density at radius 2 is 1.85 bits per heavy atom. The molecule has 20 heavy (non-hydrogen) atoms. The second-order valence-electron chi connectivity index (χ2n) is 5.05. The summed E-state index contributed by atoms with van der Waals surface area (Å²) in [6.07, 6.45) is -3.16. The summed E-state index contributed by atoms with van der Waals surface area (Å²) in [4.78, 5) is 12.3. The third-order valence-electron chi connectivity index (χ3n) is 4.05. The molecule has 1 aromatic carbocycles. The standard InChI is InChI=1S/C14H17F3N2O/c1-3-13(4-2)8-18-10-6-5-9(14(15,16)17)7-11(10)19-12(13)20/h5-7,18H,3-4,8H2,1-2H3,(H,19,20). The lowest BCUT2D eigenvalue weighted by Crippen LogP contribution is -2.39. The molecule has 110 valence electrons. The maximum absolute atomic E-state index is 12.7. The van der Waals surface area contributed by atoms with Gasteiger partial charge in [-0.1, -0.05) is 13.8 Å². The Bertz CT molecular complexity index is 522. The topological polar surface area (TPSA) is 41.1 Å². The van der Waals surface area contributed by atoms with Crippen molar-refractivity contribution < 1.29 is 18.0 Å². The number of fused-ring (bicyclic) bond motifs is 1. The lowest BCUT2D eigenvalue weighted by atomic mass is 9.81. The molecule has 0 aromatic heterocycles. The first kappa shape index (κ1) is 14.7. The fourth-order valence-electron chi connectivity index (χ4n) is 2.40. The lowest BCUT2D eigenvalue weighted by Gasteiger charge is -2.27. The normalized spacial score (nSPS) is 17.8. The van der Waals surface area contributed by atoms with Crippen molar-refractivity contribution in [2.75, 3.05) is 17.2 Å². The maximum atomic E-state index is 12.7. The Morgan fingerprint density at radius 1 is 1.20 bits per heavy atom. The van der Waals surface area contributed by atoms with Crippen LogP contribution < -0.4 is 10.6 Å². The number of hydrogen-bond donors (Lipinski definition) is 2. The highest BCUT2D eigenvalue weighted by Gasteiger charge is 2.38. The molecule has 0 bridgehead atoms. The van der Waals surface area contributed by atoms with E-state index in [4.69, 9.17) is 0 Å². The molecule has 0 unspecified atom stereocenters. The van der Waals surface area contributed by atoms with Gasteiger partial charge in [-0.2, -0.15) is 13.2 Å². The van der Waals surface area contributed by atoms with Crippen molar-refractivity contribution in [3.63, 3.8) is 0 Å². The van der Waals surface area contributed by atoms with Crippen LogP contribution in [0.1, 0.15) is 32.3 Å². The van der Waals surface area contributed by atoms with E-state index < -0.39 is 17.2 Å². The second-order valence-corrected chi connectivity index (χ2v) is 5.05. The van der Waals surface area contributed by atoms with Crippen molar-refractivity contribution in [3.05, 3.63) is 23.8 Å². The van der Waals surface area contributed by atoms with E-state index in [0.717, 1.165) is 12.1 Å². The highest BCUT2D eigenvalue weighted by molar-refractivity contribution is 6.00. The van der Waals surface area contributed by atoms with E-state index >= 15 is 0 Å². The van der Waals surface area contributed by atoms with Crippen molar-refractivity contribution in [1.29, 1.82) is 0 Å². The van der Waals surface area contributed by atoms with E-state index in [1.807, 2.05) is 13.8 Å². The molecule has 3 nitrogen and oxygen atoms in total. The molecular formula is C14H17F3N2O. The minimum Gasteiger partial charge on any atom is -0.382 e. The van der Waals surface area contributed by atoms with Crippen LogP contribution in [0.4, 0.5) is 24.5 Å². The summed E-state index contributed by atoms with van der Waals surface area (Å²) in [5.74, 6) is -0.229. The Balaban J connectivity index is 2.39. The van der Waals surface area contributed by atoms with Crippen LogP contribution in [0.15, 0.2) is 18.2 Å². The van der Waals surface area contributed by atoms with Gasteiger partial charge in [0.05, 0.1) is 22.4 Å². The Hall–Kier alpha value is -1.72. The average Bonchev–Trinajstić information content (AvgIpc) is 2.53. The highest BCUT2D eigenvalue weighted by atomic mass is 19.4. The largest absolute Gasteiger partial charge is 0.416 e. The van der Waals surface area contributed by atoms with Gasteiger partial charge in [0.1, 0.15) is 0 Å². The number of nitrogens with one attached hydrogen (secondary N) is 2. The Morgan fingerprint density at radius 3 is 2.40 bits per heavy atom. The monoisotopic (exact) mass is 286 g/mol. The zero-order valence-electron chi connectivity index (χ0n) is 11.4. The zero-order valence-corrected chi connectivity index (χ0v) is 11.4. The fraction of sp³-hybridized carbons (Fsp3) is 0.500. The number of benzene rings is 1. The van der Waals surface area contributed by atoms with Crippen molar-refractivity contribution in [3.8, 4) is 0 Å². The van der Waals surface area contributed by atoms with E-state index in [1.54, 1.807) is 0 Å². The van der Waals surface area contributed by atoms with Gasteiger partial charge in [-0.3, -0.25) is 4.79 Å². The van der Waals surface area contributed by atoms with Gasteiger partial charge in [-0.05, 0) is 31.0 Å². The van der Waals surface area contributed by atoms with Crippen molar-refractivity contribution in [2.45, 2.75) is 32.9 Å².